The van der Waals surface area contributed by atoms with E-state index in [4.69, 9.17) is 9.47 Å². The molecule has 2 unspecified atom stereocenters. The first kappa shape index (κ1) is 68.6. The number of carbonyl (C=O) groups excluding carboxylic acids is 6. The highest BCUT2D eigenvalue weighted by molar-refractivity contribution is 6.05. The molecule has 10 rings (SSSR count). The Morgan fingerprint density at radius 2 is 0.823 bits per heavy atom. The number of halogens is 6. The molecular weight excluding hydrogens is 1250 g/mol. The number of hydrogen-bond donors (Lipinski definition) is 0. The fourth-order valence-corrected chi connectivity index (χ4v) is 12.8. The van der Waals surface area contributed by atoms with Gasteiger partial charge in [-0.05, 0) is 161 Å². The Morgan fingerprint density at radius 1 is 0.479 bits per heavy atom. The number of carbonyl (C=O) groups is 6. The molecule has 2 fully saturated rings. The number of nitriles is 2. The highest BCUT2D eigenvalue weighted by Gasteiger charge is 2.46. The first-order valence-corrected chi connectivity index (χ1v) is 31.6. The van der Waals surface area contributed by atoms with Crippen molar-refractivity contribution in [1.29, 1.82) is 10.5 Å². The average Bonchev–Trinajstić information content (AvgIpc) is 0.803. The predicted molar refractivity (Wildman–Crippen MR) is 344 cm³/mol. The van der Waals surface area contributed by atoms with E-state index in [-0.39, 0.29) is 72.0 Å². The van der Waals surface area contributed by atoms with Gasteiger partial charge in [-0.15, -0.1) is 0 Å². The van der Waals surface area contributed by atoms with Gasteiger partial charge in [-0.25, -0.2) is 19.2 Å². The fourth-order valence-electron chi connectivity index (χ4n) is 12.8. The smallest absolute Gasteiger partial charge is 0.416 e. The molecule has 24 heteroatoms. The van der Waals surface area contributed by atoms with Crippen molar-refractivity contribution < 1.29 is 64.6 Å². The standard InChI is InChI=1S/C72H70F6N10O8/c1-5-95-67(91)61-47(3)87(59-13-7-11-57(43-59)71(73,74)75)69(93)85(63(61)53-19-15-49(45-79)16-20-53)33-9-31-81-35-39-83(40-36-81)65(89)55-27-23-51(24-28-55)52-25-29-56(30-26-52)66(90)84-41-37-82(38-42-84)32-10-34-86-64(54-21-17-50(46-80)18-22-54)62(68(92)96-6-2)48(4)88(70(86)94)60-14-8-12-58(44-60)72(76,77)78/h7-8,11-30,43-44,63-64H,5-6,9-10,31-42H2,1-4H3. The fraction of sp³-hybridized carbons (Fsp3) is 0.333. The Hall–Kier alpha value is -10.3. The number of anilines is 2. The second-order valence-electron chi connectivity index (χ2n) is 23.6. The molecule has 2 atom stereocenters. The zero-order chi connectivity index (χ0) is 68.6. The van der Waals surface area contributed by atoms with E-state index in [2.05, 4.69) is 21.9 Å². The lowest BCUT2D eigenvalue weighted by atomic mass is 9.92. The van der Waals surface area contributed by atoms with E-state index in [1.807, 2.05) is 24.3 Å². The van der Waals surface area contributed by atoms with Crippen LogP contribution in [0.4, 0.5) is 47.3 Å². The number of piperazine rings is 2. The highest BCUT2D eigenvalue weighted by Crippen LogP contribution is 2.44. The normalized spacial score (nSPS) is 17.6. The summed E-state index contributed by atoms with van der Waals surface area (Å²) in [6, 6.07) is 36.8. The van der Waals surface area contributed by atoms with Gasteiger partial charge in [0.25, 0.3) is 11.8 Å². The number of hydrogen-bond acceptors (Lipinski definition) is 12. The molecule has 18 nitrogen and oxygen atoms in total. The monoisotopic (exact) mass is 1320 g/mol. The van der Waals surface area contributed by atoms with Gasteiger partial charge in [-0.3, -0.25) is 29.2 Å². The van der Waals surface area contributed by atoms with Gasteiger partial charge in [0.05, 0.1) is 82.2 Å². The van der Waals surface area contributed by atoms with Crippen LogP contribution in [0.1, 0.15) is 107 Å². The lowest BCUT2D eigenvalue weighted by Gasteiger charge is -2.43. The SMILES string of the molecule is CCOC(=O)C1=C(C)N(c2cccc(C(F)(F)F)c2)C(=O)N(CCCN2CCN(C(=O)c3ccc(-c4ccc(C(=O)N5CCN(CCCN6C(=O)N(c7cccc(C(F)(F)F)c7)C(C)=C(C(=O)OCC)C6c6ccc(C#N)cc6)CC5)cc4)cc3)CC2)C1c1ccc(C#N)cc1. The molecule has 4 aliphatic heterocycles. The molecule has 6 amide bonds. The average molecular weight is 1320 g/mol. The molecule has 0 aliphatic carbocycles. The lowest BCUT2D eigenvalue weighted by Crippen LogP contribution is -2.52. The van der Waals surface area contributed by atoms with E-state index in [0.29, 0.717) is 112 Å². The minimum absolute atomic E-state index is 0.00272. The number of urea groups is 2. The van der Waals surface area contributed by atoms with Crippen LogP contribution in [0.15, 0.2) is 168 Å². The summed E-state index contributed by atoms with van der Waals surface area (Å²) in [6.07, 6.45) is -8.61. The summed E-state index contributed by atoms with van der Waals surface area (Å²) >= 11 is 0. The molecule has 0 spiro atoms. The predicted octanol–water partition coefficient (Wildman–Crippen LogP) is 12.5. The van der Waals surface area contributed by atoms with Gasteiger partial charge in [0.2, 0.25) is 0 Å². The Balaban J connectivity index is 0.726. The summed E-state index contributed by atoms with van der Waals surface area (Å²) in [5.74, 6) is -1.79. The first-order chi connectivity index (χ1) is 46.0. The minimum atomic E-state index is -4.70. The van der Waals surface area contributed by atoms with Crippen LogP contribution in [0.2, 0.25) is 0 Å². The van der Waals surface area contributed by atoms with Crippen LogP contribution < -0.4 is 9.80 Å². The number of allylic oxidation sites excluding steroid dienone is 2. The molecule has 6 aromatic carbocycles. The van der Waals surface area contributed by atoms with Gasteiger partial charge in [0, 0.05) is 88.0 Å². The van der Waals surface area contributed by atoms with E-state index in [1.54, 1.807) is 96.4 Å². The molecule has 2 saturated heterocycles. The van der Waals surface area contributed by atoms with Crippen LogP contribution in [-0.2, 0) is 31.4 Å². The van der Waals surface area contributed by atoms with Gasteiger partial charge >= 0.3 is 36.4 Å². The number of nitrogens with zero attached hydrogens (tertiary/aromatic N) is 10. The summed E-state index contributed by atoms with van der Waals surface area (Å²) in [5, 5.41) is 19.1. The number of benzene rings is 6. The summed E-state index contributed by atoms with van der Waals surface area (Å²) in [4.78, 5) is 97.7. The van der Waals surface area contributed by atoms with Crippen LogP contribution >= 0.6 is 0 Å². The molecule has 0 bridgehead atoms. The number of esters is 2. The van der Waals surface area contributed by atoms with Crippen LogP contribution in [0.3, 0.4) is 0 Å². The summed E-state index contributed by atoms with van der Waals surface area (Å²) in [6.45, 7) is 11.1. The van der Waals surface area contributed by atoms with E-state index in [0.717, 1.165) is 45.2 Å². The molecular formula is C72H70F6N10O8. The second-order valence-corrected chi connectivity index (χ2v) is 23.6. The largest absolute Gasteiger partial charge is 0.463 e. The lowest BCUT2D eigenvalue weighted by molar-refractivity contribution is -0.140. The maximum Gasteiger partial charge on any atom is 0.416 e. The van der Waals surface area contributed by atoms with Crippen LogP contribution in [0.5, 0.6) is 0 Å². The van der Waals surface area contributed by atoms with Crippen molar-refractivity contribution in [3.05, 3.63) is 213 Å². The summed E-state index contributed by atoms with van der Waals surface area (Å²) in [5.41, 5.74) is 2.61. The quantitative estimate of drug-likeness (QED) is 0.0551. The molecule has 4 heterocycles. The Morgan fingerprint density at radius 3 is 1.14 bits per heavy atom. The Kier molecular flexibility index (Phi) is 21.1. The van der Waals surface area contributed by atoms with Gasteiger partial charge in [0.1, 0.15) is 0 Å². The molecule has 0 aromatic heterocycles. The first-order valence-electron chi connectivity index (χ1n) is 31.6. The zero-order valence-electron chi connectivity index (χ0n) is 53.3. The number of ether oxygens (including phenoxy) is 2. The van der Waals surface area contributed by atoms with E-state index >= 15 is 0 Å². The van der Waals surface area contributed by atoms with Crippen molar-refractivity contribution in [3.63, 3.8) is 0 Å². The van der Waals surface area contributed by atoms with Crippen molar-refractivity contribution in [2.24, 2.45) is 0 Å². The number of amides is 6. The maximum atomic E-state index is 14.7. The maximum absolute atomic E-state index is 14.7. The third kappa shape index (κ3) is 14.9. The van der Waals surface area contributed by atoms with Crippen LogP contribution in [0, 0.1) is 22.7 Å². The molecule has 0 N–H and O–H groups in total. The molecule has 498 valence electrons. The third-order valence-electron chi connectivity index (χ3n) is 17.7. The van der Waals surface area contributed by atoms with Crippen molar-refractivity contribution >= 4 is 47.2 Å². The zero-order valence-corrected chi connectivity index (χ0v) is 53.3. The molecule has 96 heavy (non-hydrogen) atoms. The summed E-state index contributed by atoms with van der Waals surface area (Å²) in [7, 11) is 0. The van der Waals surface area contributed by atoms with Gasteiger partial charge in [-0.1, -0.05) is 60.7 Å². The van der Waals surface area contributed by atoms with E-state index < -0.39 is 59.6 Å². The molecule has 6 aromatic rings. The Labute approximate surface area is 552 Å². The number of alkyl halides is 6. The van der Waals surface area contributed by atoms with E-state index in [1.165, 1.54) is 47.9 Å². The number of rotatable bonds is 19. The van der Waals surface area contributed by atoms with Gasteiger partial charge in [-0.2, -0.15) is 36.9 Å². The van der Waals surface area contributed by atoms with Crippen LogP contribution in [0.25, 0.3) is 11.1 Å². The van der Waals surface area contributed by atoms with Gasteiger partial charge < -0.3 is 29.1 Å². The topological polar surface area (TPSA) is 194 Å². The van der Waals surface area contributed by atoms with Crippen molar-refractivity contribution in [1.82, 2.24) is 29.4 Å². The van der Waals surface area contributed by atoms with Crippen molar-refractivity contribution in [3.8, 4) is 23.3 Å². The highest BCUT2D eigenvalue weighted by atomic mass is 19.4. The minimum Gasteiger partial charge on any atom is -0.463 e. The van der Waals surface area contributed by atoms with Crippen LogP contribution in [-0.4, -0.2) is 157 Å². The second kappa shape index (κ2) is 29.6. The summed E-state index contributed by atoms with van der Waals surface area (Å²) < 4.78 is 94.9. The third-order valence-corrected chi connectivity index (χ3v) is 17.7. The van der Waals surface area contributed by atoms with Gasteiger partial charge in [0.15, 0.2) is 0 Å². The van der Waals surface area contributed by atoms with E-state index in [9.17, 15) is 65.6 Å². The van der Waals surface area contributed by atoms with Crippen molar-refractivity contribution in [2.45, 2.75) is 65.0 Å². The molecule has 0 radical (unpaired) electrons. The molecule has 0 saturated carbocycles. The molecule has 4 aliphatic rings. The van der Waals surface area contributed by atoms with Crippen molar-refractivity contribution in [2.75, 3.05) is 102 Å². The Bertz CT molecular complexity index is 3780.